The second kappa shape index (κ2) is 7.11. The predicted octanol–water partition coefficient (Wildman–Crippen LogP) is 2.29. The van der Waals surface area contributed by atoms with Gasteiger partial charge in [-0.05, 0) is 51.0 Å². The highest BCUT2D eigenvalue weighted by atomic mass is 35.5. The Morgan fingerprint density at radius 1 is 1.32 bits per heavy atom. The van der Waals surface area contributed by atoms with E-state index in [2.05, 4.69) is 15.3 Å². The van der Waals surface area contributed by atoms with Crippen molar-refractivity contribution < 1.29 is 4.79 Å². The summed E-state index contributed by atoms with van der Waals surface area (Å²) in [6.07, 6.45) is 5.32. The van der Waals surface area contributed by atoms with E-state index >= 15 is 0 Å². The maximum absolute atomic E-state index is 12.0. The molecule has 2 heterocycles. The molecule has 5 nitrogen and oxygen atoms in total. The smallest absolute Gasteiger partial charge is 0.241 e. The first-order valence-electron chi connectivity index (χ1n) is 7.83. The fourth-order valence-electron chi connectivity index (χ4n) is 2.92. The van der Waals surface area contributed by atoms with Crippen LogP contribution in [0.1, 0.15) is 19.3 Å². The van der Waals surface area contributed by atoms with E-state index in [1.165, 1.54) is 25.9 Å². The quantitative estimate of drug-likeness (QED) is 0.831. The Balaban J connectivity index is 1.47. The fourth-order valence-corrected chi connectivity index (χ4v) is 3.14. The van der Waals surface area contributed by atoms with Crippen LogP contribution in [0.4, 0.5) is 0 Å². The number of benzene rings is 1. The molecule has 0 saturated carbocycles. The Hall–Kier alpha value is -1.59. The molecular weight excluding hydrogens is 300 g/mol. The molecule has 22 heavy (non-hydrogen) atoms. The number of hydrogen-bond donors (Lipinski definition) is 1. The summed E-state index contributed by atoms with van der Waals surface area (Å²) in [7, 11) is 0. The lowest BCUT2D eigenvalue weighted by Gasteiger charge is -2.14. The number of rotatable bonds is 6. The molecule has 0 atom stereocenters. The SMILES string of the molecule is O=C(Cn1ncc2c(Cl)cccc21)NCCCN1CCCC1. The van der Waals surface area contributed by atoms with Crippen LogP contribution in [-0.2, 0) is 11.3 Å². The molecule has 1 saturated heterocycles. The van der Waals surface area contributed by atoms with Gasteiger partial charge >= 0.3 is 0 Å². The van der Waals surface area contributed by atoms with Crippen molar-refractivity contribution in [1.29, 1.82) is 0 Å². The minimum Gasteiger partial charge on any atom is -0.354 e. The Morgan fingerprint density at radius 2 is 2.14 bits per heavy atom. The molecule has 0 spiro atoms. The van der Waals surface area contributed by atoms with Crippen LogP contribution in [0, 0.1) is 0 Å². The van der Waals surface area contributed by atoms with E-state index in [1.807, 2.05) is 18.2 Å². The van der Waals surface area contributed by atoms with Gasteiger partial charge in [-0.2, -0.15) is 5.10 Å². The highest BCUT2D eigenvalue weighted by Gasteiger charge is 2.11. The lowest BCUT2D eigenvalue weighted by Crippen LogP contribution is -2.31. The Morgan fingerprint density at radius 3 is 2.95 bits per heavy atom. The second-order valence-electron chi connectivity index (χ2n) is 5.73. The zero-order valence-electron chi connectivity index (χ0n) is 12.6. The predicted molar refractivity (Wildman–Crippen MR) is 88.0 cm³/mol. The maximum Gasteiger partial charge on any atom is 0.241 e. The molecule has 0 unspecified atom stereocenters. The number of nitrogens with zero attached hydrogens (tertiary/aromatic N) is 3. The number of likely N-dealkylation sites (tertiary alicyclic amines) is 1. The molecule has 2 aromatic rings. The monoisotopic (exact) mass is 320 g/mol. The second-order valence-corrected chi connectivity index (χ2v) is 6.13. The van der Waals surface area contributed by atoms with Gasteiger partial charge in [-0.15, -0.1) is 0 Å². The molecule has 1 fully saturated rings. The largest absolute Gasteiger partial charge is 0.354 e. The van der Waals surface area contributed by atoms with Crippen molar-refractivity contribution in [2.45, 2.75) is 25.8 Å². The summed E-state index contributed by atoms with van der Waals surface area (Å²) in [5.74, 6) is -0.00797. The van der Waals surface area contributed by atoms with Crippen LogP contribution in [0.25, 0.3) is 10.9 Å². The van der Waals surface area contributed by atoms with Gasteiger partial charge in [0.1, 0.15) is 6.54 Å². The highest BCUT2D eigenvalue weighted by molar-refractivity contribution is 6.35. The van der Waals surface area contributed by atoms with Crippen molar-refractivity contribution in [2.24, 2.45) is 0 Å². The molecule has 1 aromatic heterocycles. The molecule has 0 radical (unpaired) electrons. The van der Waals surface area contributed by atoms with E-state index in [0.29, 0.717) is 5.02 Å². The van der Waals surface area contributed by atoms with Crippen LogP contribution in [0.2, 0.25) is 5.02 Å². The van der Waals surface area contributed by atoms with Gasteiger partial charge in [0.15, 0.2) is 0 Å². The van der Waals surface area contributed by atoms with Crippen molar-refractivity contribution in [3.05, 3.63) is 29.4 Å². The summed E-state index contributed by atoms with van der Waals surface area (Å²) < 4.78 is 1.69. The Labute approximate surface area is 135 Å². The minimum atomic E-state index is -0.00797. The van der Waals surface area contributed by atoms with Crippen LogP contribution >= 0.6 is 11.6 Å². The first-order valence-corrected chi connectivity index (χ1v) is 8.21. The Bertz CT molecular complexity index is 649. The zero-order valence-corrected chi connectivity index (χ0v) is 13.4. The molecule has 1 aliphatic rings. The van der Waals surface area contributed by atoms with E-state index in [0.717, 1.165) is 30.4 Å². The fraction of sp³-hybridized carbons (Fsp3) is 0.500. The standard InChI is InChI=1S/C16H21ClN4O/c17-14-5-3-6-15-13(14)11-19-21(15)12-16(22)18-7-4-10-20-8-1-2-9-20/h3,5-6,11H,1-2,4,7-10,12H2,(H,18,22). The first-order chi connectivity index (χ1) is 10.7. The van der Waals surface area contributed by atoms with Crippen LogP contribution in [0.15, 0.2) is 24.4 Å². The van der Waals surface area contributed by atoms with Crippen LogP contribution in [0.3, 0.4) is 0 Å². The highest BCUT2D eigenvalue weighted by Crippen LogP contribution is 2.22. The zero-order chi connectivity index (χ0) is 15.4. The first kappa shape index (κ1) is 15.3. The van der Waals surface area contributed by atoms with Gasteiger partial charge in [0.2, 0.25) is 5.91 Å². The number of carbonyl (C=O) groups excluding carboxylic acids is 1. The van der Waals surface area contributed by atoms with Crippen molar-refractivity contribution in [1.82, 2.24) is 20.0 Å². The molecule has 3 rings (SSSR count). The third kappa shape index (κ3) is 3.59. The Kier molecular flexibility index (Phi) is 4.95. The summed E-state index contributed by atoms with van der Waals surface area (Å²) in [5.41, 5.74) is 0.889. The average molecular weight is 321 g/mol. The third-order valence-corrected chi connectivity index (χ3v) is 4.43. The van der Waals surface area contributed by atoms with Crippen LogP contribution in [-0.4, -0.2) is 46.8 Å². The molecule has 6 heteroatoms. The van der Waals surface area contributed by atoms with Crippen molar-refractivity contribution >= 4 is 28.4 Å². The third-order valence-electron chi connectivity index (χ3n) is 4.10. The molecule has 0 aliphatic carbocycles. The summed E-state index contributed by atoms with van der Waals surface area (Å²) in [6, 6.07) is 5.63. The van der Waals surface area contributed by atoms with E-state index < -0.39 is 0 Å². The summed E-state index contributed by atoms with van der Waals surface area (Å²) in [6.45, 7) is 4.42. The van der Waals surface area contributed by atoms with Gasteiger partial charge in [-0.1, -0.05) is 17.7 Å². The van der Waals surface area contributed by atoms with Crippen LogP contribution in [0.5, 0.6) is 0 Å². The van der Waals surface area contributed by atoms with E-state index in [4.69, 9.17) is 11.6 Å². The van der Waals surface area contributed by atoms with Crippen molar-refractivity contribution in [3.63, 3.8) is 0 Å². The van der Waals surface area contributed by atoms with Crippen LogP contribution < -0.4 is 5.32 Å². The van der Waals surface area contributed by atoms with Gasteiger partial charge in [-0.25, -0.2) is 0 Å². The molecular formula is C16H21ClN4O. The lowest BCUT2D eigenvalue weighted by atomic mass is 10.2. The number of aromatic nitrogens is 2. The van der Waals surface area contributed by atoms with E-state index in [9.17, 15) is 4.79 Å². The summed E-state index contributed by atoms with van der Waals surface area (Å²) in [4.78, 5) is 14.5. The molecule has 118 valence electrons. The van der Waals surface area contributed by atoms with E-state index in [-0.39, 0.29) is 12.5 Å². The lowest BCUT2D eigenvalue weighted by molar-refractivity contribution is -0.121. The van der Waals surface area contributed by atoms with Crippen molar-refractivity contribution in [3.8, 4) is 0 Å². The van der Waals surface area contributed by atoms with Crippen molar-refractivity contribution in [2.75, 3.05) is 26.2 Å². The summed E-state index contributed by atoms with van der Waals surface area (Å²) >= 11 is 6.11. The minimum absolute atomic E-state index is 0.00797. The number of amides is 1. The average Bonchev–Trinajstić information content (AvgIpc) is 3.15. The number of nitrogens with one attached hydrogen (secondary N) is 1. The van der Waals surface area contributed by atoms with Gasteiger partial charge in [0.25, 0.3) is 0 Å². The number of halogens is 1. The molecule has 1 aliphatic heterocycles. The number of carbonyl (C=O) groups is 1. The molecule has 1 amide bonds. The number of hydrogen-bond acceptors (Lipinski definition) is 3. The maximum atomic E-state index is 12.0. The van der Waals surface area contributed by atoms with E-state index in [1.54, 1.807) is 10.9 Å². The van der Waals surface area contributed by atoms with Gasteiger partial charge in [0, 0.05) is 11.9 Å². The normalized spacial score (nSPS) is 15.5. The molecule has 1 aromatic carbocycles. The molecule has 1 N–H and O–H groups in total. The van der Waals surface area contributed by atoms with Gasteiger partial charge in [0.05, 0.1) is 16.7 Å². The van der Waals surface area contributed by atoms with Gasteiger partial charge < -0.3 is 10.2 Å². The summed E-state index contributed by atoms with van der Waals surface area (Å²) in [5, 5.41) is 8.76. The number of fused-ring (bicyclic) bond motifs is 1. The topological polar surface area (TPSA) is 50.2 Å². The van der Waals surface area contributed by atoms with Gasteiger partial charge in [-0.3, -0.25) is 9.48 Å². The molecule has 0 bridgehead atoms.